The number of aromatic nitrogens is 2. The van der Waals surface area contributed by atoms with Crippen molar-refractivity contribution in [1.29, 1.82) is 0 Å². The van der Waals surface area contributed by atoms with E-state index in [0.717, 1.165) is 24.8 Å². The molecule has 0 aliphatic heterocycles. The molecule has 3 rings (SSSR count). The number of carbonyl (C=O) groups is 1. The Morgan fingerprint density at radius 3 is 3.11 bits per heavy atom. The number of rotatable bonds is 2. The van der Waals surface area contributed by atoms with Crippen LogP contribution in [-0.2, 0) is 0 Å². The Morgan fingerprint density at radius 2 is 2.33 bits per heavy atom. The average molecular weight is 308 g/mol. The molecule has 1 amide bonds. The summed E-state index contributed by atoms with van der Waals surface area (Å²) in [6.45, 7) is 0. The number of hydrogen-bond donors (Lipinski definition) is 1. The summed E-state index contributed by atoms with van der Waals surface area (Å²) in [6, 6.07) is 5.95. The predicted octanol–water partition coefficient (Wildman–Crippen LogP) is 2.38. The number of halogens is 1. The second-order valence-electron chi connectivity index (χ2n) is 4.62. The Hall–Kier alpha value is -1.36. The highest BCUT2D eigenvalue weighted by molar-refractivity contribution is 9.09. The third kappa shape index (κ3) is 2.03. The summed E-state index contributed by atoms with van der Waals surface area (Å²) in [5.74, 6) is -0.0347. The van der Waals surface area contributed by atoms with Crippen molar-refractivity contribution in [3.63, 3.8) is 0 Å². The van der Waals surface area contributed by atoms with Gasteiger partial charge in [0.2, 0.25) is 0 Å². The zero-order chi connectivity index (χ0) is 12.5. The van der Waals surface area contributed by atoms with Crippen LogP contribution in [0.4, 0.5) is 0 Å². The first-order chi connectivity index (χ1) is 8.75. The fourth-order valence-corrected chi connectivity index (χ4v) is 3.15. The molecule has 0 bridgehead atoms. The number of pyridine rings is 1. The van der Waals surface area contributed by atoms with Crippen LogP contribution in [0.3, 0.4) is 0 Å². The summed E-state index contributed by atoms with van der Waals surface area (Å²) in [7, 11) is 0. The van der Waals surface area contributed by atoms with Crippen molar-refractivity contribution in [1.82, 2.24) is 14.9 Å². The highest BCUT2D eigenvalue weighted by Gasteiger charge is 2.27. The topological polar surface area (TPSA) is 46.4 Å². The van der Waals surface area contributed by atoms with Crippen molar-refractivity contribution in [2.24, 2.45) is 0 Å². The third-order valence-electron chi connectivity index (χ3n) is 3.42. The highest BCUT2D eigenvalue weighted by Crippen LogP contribution is 2.26. The van der Waals surface area contributed by atoms with Gasteiger partial charge in [-0.1, -0.05) is 28.4 Å². The Kier molecular flexibility index (Phi) is 3.07. The van der Waals surface area contributed by atoms with Gasteiger partial charge in [-0.2, -0.15) is 5.10 Å². The van der Waals surface area contributed by atoms with Gasteiger partial charge in [0.25, 0.3) is 5.91 Å². The molecule has 2 atom stereocenters. The fraction of sp³-hybridized carbons (Fsp3) is 0.385. The second-order valence-corrected chi connectivity index (χ2v) is 5.79. The minimum atomic E-state index is -0.0347. The van der Waals surface area contributed by atoms with Gasteiger partial charge in [-0.25, -0.2) is 4.52 Å². The molecule has 0 saturated heterocycles. The van der Waals surface area contributed by atoms with Gasteiger partial charge in [-0.15, -0.1) is 0 Å². The summed E-state index contributed by atoms with van der Waals surface area (Å²) >= 11 is 3.61. The van der Waals surface area contributed by atoms with Gasteiger partial charge in [0.1, 0.15) is 0 Å². The van der Waals surface area contributed by atoms with Crippen molar-refractivity contribution >= 4 is 27.4 Å². The highest BCUT2D eigenvalue weighted by atomic mass is 79.9. The maximum absolute atomic E-state index is 12.2. The van der Waals surface area contributed by atoms with Crippen molar-refractivity contribution in [3.8, 4) is 0 Å². The number of alkyl halides is 1. The SMILES string of the molecule is O=C(NC1CCCC1Br)c1cnn2ccccc12. The summed E-state index contributed by atoms with van der Waals surface area (Å²) in [4.78, 5) is 12.6. The molecule has 94 valence electrons. The minimum absolute atomic E-state index is 0.0347. The van der Waals surface area contributed by atoms with E-state index in [1.165, 1.54) is 0 Å². The van der Waals surface area contributed by atoms with Gasteiger partial charge in [-0.3, -0.25) is 4.79 Å². The number of fused-ring (bicyclic) bond motifs is 1. The van der Waals surface area contributed by atoms with Crippen LogP contribution in [0.25, 0.3) is 5.52 Å². The average Bonchev–Trinajstić information content (AvgIpc) is 2.96. The lowest BCUT2D eigenvalue weighted by Crippen LogP contribution is -2.37. The standard InChI is InChI=1S/C13H14BrN3O/c14-10-4-3-5-11(10)16-13(18)9-8-15-17-7-2-1-6-12(9)17/h1-2,6-8,10-11H,3-5H2,(H,16,18). The number of carbonyl (C=O) groups excluding carboxylic acids is 1. The number of hydrogen-bond acceptors (Lipinski definition) is 2. The largest absolute Gasteiger partial charge is 0.348 e. The van der Waals surface area contributed by atoms with Crippen molar-refractivity contribution in [2.75, 3.05) is 0 Å². The summed E-state index contributed by atoms with van der Waals surface area (Å²) < 4.78 is 1.72. The molecular formula is C13H14BrN3O. The Labute approximate surface area is 114 Å². The minimum Gasteiger partial charge on any atom is -0.348 e. The number of amides is 1. The Balaban J connectivity index is 1.84. The molecule has 1 aliphatic rings. The smallest absolute Gasteiger partial charge is 0.255 e. The molecule has 0 radical (unpaired) electrons. The van der Waals surface area contributed by atoms with Gasteiger partial charge in [0.15, 0.2) is 0 Å². The quantitative estimate of drug-likeness (QED) is 0.866. The molecule has 2 aromatic rings. The molecule has 18 heavy (non-hydrogen) atoms. The van der Waals surface area contributed by atoms with Crippen LogP contribution in [0.2, 0.25) is 0 Å². The van der Waals surface area contributed by atoms with Gasteiger partial charge in [0, 0.05) is 17.1 Å². The van der Waals surface area contributed by atoms with Crippen LogP contribution in [0.15, 0.2) is 30.6 Å². The Bertz CT molecular complexity index is 580. The lowest BCUT2D eigenvalue weighted by molar-refractivity contribution is 0.0940. The second kappa shape index (κ2) is 4.72. The lowest BCUT2D eigenvalue weighted by Gasteiger charge is -2.15. The molecular weight excluding hydrogens is 294 g/mol. The first-order valence-electron chi connectivity index (χ1n) is 6.13. The van der Waals surface area contributed by atoms with E-state index < -0.39 is 0 Å². The summed E-state index contributed by atoms with van der Waals surface area (Å²) in [6.07, 6.45) is 6.80. The van der Waals surface area contributed by atoms with Crippen molar-refractivity contribution in [2.45, 2.75) is 30.1 Å². The molecule has 2 unspecified atom stereocenters. The first-order valence-corrected chi connectivity index (χ1v) is 7.04. The third-order valence-corrected chi connectivity index (χ3v) is 4.52. The van der Waals surface area contributed by atoms with Crippen molar-refractivity contribution in [3.05, 3.63) is 36.2 Å². The van der Waals surface area contributed by atoms with Gasteiger partial charge >= 0.3 is 0 Å². The lowest BCUT2D eigenvalue weighted by atomic mass is 10.2. The first kappa shape index (κ1) is 11.7. The Morgan fingerprint density at radius 1 is 1.44 bits per heavy atom. The summed E-state index contributed by atoms with van der Waals surface area (Å²) in [5, 5.41) is 7.26. The maximum Gasteiger partial charge on any atom is 0.255 e. The number of nitrogens with one attached hydrogen (secondary N) is 1. The van der Waals surface area contributed by atoms with Crippen LogP contribution in [-0.4, -0.2) is 26.4 Å². The maximum atomic E-state index is 12.2. The van der Waals surface area contributed by atoms with E-state index in [1.54, 1.807) is 10.7 Å². The number of nitrogens with zero attached hydrogens (tertiary/aromatic N) is 2. The van der Waals surface area contributed by atoms with E-state index in [2.05, 4.69) is 26.3 Å². The van der Waals surface area contributed by atoms with E-state index in [-0.39, 0.29) is 11.9 Å². The predicted molar refractivity (Wildman–Crippen MR) is 73.0 cm³/mol. The van der Waals surface area contributed by atoms with Crippen molar-refractivity contribution < 1.29 is 4.79 Å². The molecule has 0 spiro atoms. The van der Waals surface area contributed by atoms with Gasteiger partial charge in [-0.05, 0) is 25.0 Å². The van der Waals surface area contributed by atoms with Crippen LogP contribution in [0.5, 0.6) is 0 Å². The normalized spacial score (nSPS) is 23.4. The van der Waals surface area contributed by atoms with Crippen LogP contribution < -0.4 is 5.32 Å². The molecule has 5 heteroatoms. The zero-order valence-electron chi connectivity index (χ0n) is 9.84. The van der Waals surface area contributed by atoms with E-state index in [9.17, 15) is 4.79 Å². The molecule has 1 saturated carbocycles. The molecule has 4 nitrogen and oxygen atoms in total. The van der Waals surface area contributed by atoms with Gasteiger partial charge < -0.3 is 5.32 Å². The van der Waals surface area contributed by atoms with E-state index in [0.29, 0.717) is 10.4 Å². The van der Waals surface area contributed by atoms with Crippen LogP contribution in [0, 0.1) is 0 Å². The summed E-state index contributed by atoms with van der Waals surface area (Å²) in [5.41, 5.74) is 1.49. The van der Waals surface area contributed by atoms with E-state index in [4.69, 9.17) is 0 Å². The fourth-order valence-electron chi connectivity index (χ4n) is 2.43. The zero-order valence-corrected chi connectivity index (χ0v) is 11.4. The molecule has 1 N–H and O–H groups in total. The molecule has 0 aromatic carbocycles. The molecule has 2 aromatic heterocycles. The van der Waals surface area contributed by atoms with Crippen LogP contribution >= 0.6 is 15.9 Å². The van der Waals surface area contributed by atoms with E-state index >= 15 is 0 Å². The monoisotopic (exact) mass is 307 g/mol. The van der Waals surface area contributed by atoms with Gasteiger partial charge in [0.05, 0.1) is 17.3 Å². The van der Waals surface area contributed by atoms with Crippen LogP contribution in [0.1, 0.15) is 29.6 Å². The van der Waals surface area contributed by atoms with E-state index in [1.807, 2.05) is 24.4 Å². The molecule has 1 aliphatic carbocycles. The molecule has 1 fully saturated rings. The molecule has 2 heterocycles.